The first kappa shape index (κ1) is 53.4. The lowest BCUT2D eigenvalue weighted by Crippen LogP contribution is -2.15. The first-order valence-electron chi connectivity index (χ1n) is 30.8. The van der Waals surface area contributed by atoms with Crippen molar-refractivity contribution >= 4 is 110 Å². The maximum absolute atomic E-state index is 2.66. The van der Waals surface area contributed by atoms with E-state index >= 15 is 0 Å². The Morgan fingerprint density at radius 1 is 0.267 bits per heavy atom. The van der Waals surface area contributed by atoms with Crippen molar-refractivity contribution in [2.45, 2.75) is 105 Å². The Hall–Kier alpha value is -9.38. The fourth-order valence-electron chi connectivity index (χ4n) is 14.3. The van der Waals surface area contributed by atoms with E-state index < -0.39 is 0 Å². The molecule has 0 atom stereocenters. The number of benzene rings is 11. The average Bonchev–Trinajstić information content (AvgIpc) is 1.52. The summed E-state index contributed by atoms with van der Waals surface area (Å²) >= 11 is 0. The molecule has 0 bridgehead atoms. The maximum Gasteiger partial charge on any atom is 0.0641 e. The van der Waals surface area contributed by atoms with Crippen LogP contribution in [0.25, 0.3) is 98.4 Å². The molecule has 0 spiro atoms. The lowest BCUT2D eigenvalue weighted by Gasteiger charge is -2.31. The summed E-state index contributed by atoms with van der Waals surface area (Å²) in [6.45, 7) is 28.2. The molecule has 0 aliphatic heterocycles. The number of hydrogen-bond acceptors (Lipinski definition) is 2. The van der Waals surface area contributed by atoms with E-state index in [1.165, 1.54) is 121 Å². The van der Waals surface area contributed by atoms with E-state index in [0.29, 0.717) is 0 Å². The van der Waals surface area contributed by atoms with Crippen molar-refractivity contribution in [1.29, 1.82) is 0 Å². The van der Waals surface area contributed by atoms with E-state index in [4.69, 9.17) is 0 Å². The van der Waals surface area contributed by atoms with E-state index in [1.807, 2.05) is 0 Å². The molecule has 86 heavy (non-hydrogen) atoms. The number of nitrogens with zero attached hydrogens (tertiary/aromatic N) is 4. The second-order valence-corrected chi connectivity index (χ2v) is 28.2. The molecule has 15 rings (SSSR count). The minimum atomic E-state index is -0.159. The van der Waals surface area contributed by atoms with Crippen molar-refractivity contribution in [2.24, 2.45) is 0 Å². The van der Waals surface area contributed by atoms with Crippen molar-refractivity contribution in [1.82, 2.24) is 8.80 Å². The van der Waals surface area contributed by atoms with Crippen molar-refractivity contribution < 1.29 is 0 Å². The molecule has 0 amide bonds. The smallest absolute Gasteiger partial charge is 0.0641 e. The van der Waals surface area contributed by atoms with Gasteiger partial charge < -0.3 is 18.6 Å². The number of aromatic nitrogens is 2. The quantitative estimate of drug-likeness (QED) is 0.151. The van der Waals surface area contributed by atoms with Gasteiger partial charge in [0.05, 0.1) is 55.8 Å². The van der Waals surface area contributed by atoms with E-state index in [1.54, 1.807) is 0 Å². The van der Waals surface area contributed by atoms with Gasteiger partial charge >= 0.3 is 0 Å². The zero-order valence-electron chi connectivity index (χ0n) is 51.7. The molecule has 0 saturated carbocycles. The van der Waals surface area contributed by atoms with E-state index in [9.17, 15) is 0 Å². The van der Waals surface area contributed by atoms with Gasteiger partial charge in [0.1, 0.15) is 0 Å². The summed E-state index contributed by atoms with van der Waals surface area (Å²) in [5.74, 6) is 0. The van der Waals surface area contributed by atoms with Gasteiger partial charge in [0.25, 0.3) is 0 Å². The number of hydrogen-bond donors (Lipinski definition) is 0. The first-order chi connectivity index (χ1) is 41.3. The summed E-state index contributed by atoms with van der Waals surface area (Å²) in [6.07, 6.45) is 0. The number of anilines is 6. The Labute approximate surface area is 505 Å². The molecule has 0 aliphatic rings. The Kier molecular flexibility index (Phi) is 11.8. The van der Waals surface area contributed by atoms with Crippen LogP contribution in [0.2, 0.25) is 0 Å². The third-order valence-corrected chi connectivity index (χ3v) is 18.5. The molecule has 4 heteroatoms. The molecule has 4 heterocycles. The fourth-order valence-corrected chi connectivity index (χ4v) is 14.3. The summed E-state index contributed by atoms with van der Waals surface area (Å²) in [5, 5.41) is 10.0. The van der Waals surface area contributed by atoms with Crippen LogP contribution in [0.4, 0.5) is 34.1 Å². The highest BCUT2D eigenvalue weighted by Crippen LogP contribution is 2.55. The van der Waals surface area contributed by atoms with Gasteiger partial charge in [-0.05, 0) is 116 Å². The van der Waals surface area contributed by atoms with Crippen LogP contribution < -0.4 is 9.80 Å². The van der Waals surface area contributed by atoms with Gasteiger partial charge in [-0.2, -0.15) is 0 Å². The predicted octanol–water partition coefficient (Wildman–Crippen LogP) is 23.5. The molecule has 0 fully saturated rings. The standard InChI is InChI=1S/C82H74N4/c1-79(2,3)53-39-41-57(51-27-17-13-18-28-51)69(47-53)83(55-31-21-15-22-32-55)67-45-43-59-63-49-72-64(50-71(63)85-75-61(73(67)77(59)85)35-25-37-65(75)81(7,8)9)60-44-46-68(74-62-36-26-38-66(82(10,11)12)76(62)86(72)78(60)74)84(56-33-23-16-24-34-56)70-48-54(80(4,5)6)40-42-58(70)52-29-19-14-20-30-52/h13-50H,1-12H3. The molecule has 0 radical (unpaired) electrons. The molecular formula is C82H74N4. The van der Waals surface area contributed by atoms with Crippen LogP contribution in [0.1, 0.15) is 105 Å². The van der Waals surface area contributed by atoms with Gasteiger partial charge in [-0.25, -0.2) is 0 Å². The molecule has 11 aromatic carbocycles. The summed E-state index contributed by atoms with van der Waals surface area (Å²) in [6, 6.07) is 87.2. The second-order valence-electron chi connectivity index (χ2n) is 28.2. The van der Waals surface area contributed by atoms with Gasteiger partial charge in [-0.15, -0.1) is 0 Å². The molecule has 0 N–H and O–H groups in total. The van der Waals surface area contributed by atoms with Crippen molar-refractivity contribution in [3.05, 3.63) is 253 Å². The van der Waals surface area contributed by atoms with E-state index in [-0.39, 0.29) is 21.7 Å². The van der Waals surface area contributed by atoms with Crippen LogP contribution in [0.3, 0.4) is 0 Å². The van der Waals surface area contributed by atoms with Crippen LogP contribution in [0.5, 0.6) is 0 Å². The van der Waals surface area contributed by atoms with Gasteiger partial charge in [-0.3, -0.25) is 0 Å². The number of para-hydroxylation sites is 4. The fraction of sp³-hybridized carbons (Fsp3) is 0.195. The lowest BCUT2D eigenvalue weighted by molar-refractivity contribution is 0.590. The molecule has 4 nitrogen and oxygen atoms in total. The summed E-state index contributed by atoms with van der Waals surface area (Å²) in [5.41, 5.74) is 23.9. The van der Waals surface area contributed by atoms with Crippen LogP contribution in [0.15, 0.2) is 231 Å². The minimum absolute atomic E-state index is 0.0796. The third-order valence-electron chi connectivity index (χ3n) is 18.5. The Bertz CT molecular complexity index is 4790. The normalized spacial score (nSPS) is 12.9. The van der Waals surface area contributed by atoms with Gasteiger partial charge in [0, 0.05) is 65.6 Å². The summed E-state index contributed by atoms with van der Waals surface area (Å²) < 4.78 is 5.32. The number of rotatable bonds is 8. The largest absolute Gasteiger partial charge is 0.309 e. The predicted molar refractivity (Wildman–Crippen MR) is 371 cm³/mol. The van der Waals surface area contributed by atoms with Crippen LogP contribution in [-0.2, 0) is 21.7 Å². The van der Waals surface area contributed by atoms with E-state index in [2.05, 4.69) is 332 Å². The van der Waals surface area contributed by atoms with Crippen molar-refractivity contribution in [3.8, 4) is 22.3 Å². The molecule has 15 aromatic rings. The minimum Gasteiger partial charge on any atom is -0.309 e. The summed E-state index contributed by atoms with van der Waals surface area (Å²) in [7, 11) is 0. The lowest BCUT2D eigenvalue weighted by atomic mass is 9.85. The van der Waals surface area contributed by atoms with Crippen molar-refractivity contribution in [3.63, 3.8) is 0 Å². The molecule has 0 unspecified atom stereocenters. The molecule has 0 saturated heterocycles. The van der Waals surface area contributed by atoms with Gasteiger partial charge in [0.15, 0.2) is 0 Å². The Morgan fingerprint density at radius 2 is 0.628 bits per heavy atom. The zero-order valence-corrected chi connectivity index (χ0v) is 51.7. The highest BCUT2D eigenvalue weighted by atomic mass is 15.2. The highest BCUT2D eigenvalue weighted by Gasteiger charge is 2.33. The van der Waals surface area contributed by atoms with Crippen LogP contribution in [0, 0.1) is 0 Å². The van der Waals surface area contributed by atoms with Gasteiger partial charge in [-0.1, -0.05) is 253 Å². The average molecular weight is 1120 g/mol. The second kappa shape index (κ2) is 19.1. The summed E-state index contributed by atoms with van der Waals surface area (Å²) in [4.78, 5) is 5.11. The van der Waals surface area contributed by atoms with E-state index in [0.717, 1.165) is 34.1 Å². The monoisotopic (exact) mass is 1110 g/mol. The first-order valence-corrected chi connectivity index (χ1v) is 30.8. The molecular weight excluding hydrogens is 1040 g/mol. The SMILES string of the molecule is CC(C)(C)c1ccc(-c2ccccc2)c(N(c2ccccc2)c2ccc3c4cc5c(cc4n4c6c(C(C)(C)C)cccc6c2c34)c2ccc(N(c3ccccc3)c3cc(C(C)(C)C)ccc3-c3ccccc3)c3c4cccc(C(C)(C)C)c4n5c23)c1. The maximum atomic E-state index is 2.66. The molecule has 0 aliphatic carbocycles. The van der Waals surface area contributed by atoms with Crippen LogP contribution in [-0.4, -0.2) is 8.80 Å². The Balaban J connectivity index is 1.08. The van der Waals surface area contributed by atoms with Crippen LogP contribution >= 0.6 is 0 Å². The topological polar surface area (TPSA) is 15.3 Å². The molecule has 422 valence electrons. The van der Waals surface area contributed by atoms with Gasteiger partial charge in [0.2, 0.25) is 0 Å². The molecule has 4 aromatic heterocycles. The van der Waals surface area contributed by atoms with Crippen molar-refractivity contribution in [2.75, 3.05) is 9.80 Å². The highest BCUT2D eigenvalue weighted by molar-refractivity contribution is 6.33. The third kappa shape index (κ3) is 8.16. The number of fused-ring (bicyclic) bond motifs is 12. The zero-order chi connectivity index (χ0) is 59.3. The Morgan fingerprint density at radius 3 is 0.977 bits per heavy atom.